The Kier molecular flexibility index (Phi) is 1.84. The second-order valence-corrected chi connectivity index (χ2v) is 3.79. The van der Waals surface area contributed by atoms with Gasteiger partial charge in [0.25, 0.3) is 0 Å². The lowest BCUT2D eigenvalue weighted by Crippen LogP contribution is -1.92. The van der Waals surface area contributed by atoms with Crippen molar-refractivity contribution in [2.45, 2.75) is 0 Å². The van der Waals surface area contributed by atoms with Crippen LogP contribution in [0.3, 0.4) is 0 Å². The Labute approximate surface area is 94.1 Å². The third-order valence-electron chi connectivity index (χ3n) is 2.33. The molecule has 0 aliphatic carbocycles. The van der Waals surface area contributed by atoms with E-state index in [0.29, 0.717) is 15.9 Å². The highest BCUT2D eigenvalue weighted by Gasteiger charge is 2.04. The van der Waals surface area contributed by atoms with E-state index in [1.54, 1.807) is 18.3 Å². The molecule has 80 valence electrons. The maximum Gasteiger partial charge on any atom is 0.417 e. The van der Waals surface area contributed by atoms with Crippen LogP contribution in [0, 0.1) is 4.77 Å². The first kappa shape index (κ1) is 9.17. The van der Waals surface area contributed by atoms with Crippen molar-refractivity contribution in [3.8, 4) is 11.3 Å². The molecule has 3 N–H and O–H groups in total. The third kappa shape index (κ3) is 1.40. The standard InChI is InChI=1S/C10H7N3O2S/c14-10-13-6-2-1-5(3-8(6)15-10)7-4-11-9(16)12-7/h1-4H,(H,13,14)(H2,11,12,16). The van der Waals surface area contributed by atoms with Gasteiger partial charge in [0.1, 0.15) is 0 Å². The van der Waals surface area contributed by atoms with E-state index in [0.717, 1.165) is 11.3 Å². The van der Waals surface area contributed by atoms with Crippen LogP contribution in [0.15, 0.2) is 33.6 Å². The van der Waals surface area contributed by atoms with Crippen molar-refractivity contribution in [3.05, 3.63) is 39.7 Å². The normalized spacial score (nSPS) is 11.0. The molecule has 0 saturated heterocycles. The van der Waals surface area contributed by atoms with Gasteiger partial charge < -0.3 is 14.4 Å². The predicted molar refractivity (Wildman–Crippen MR) is 61.8 cm³/mol. The number of aromatic amines is 3. The summed E-state index contributed by atoms with van der Waals surface area (Å²) >= 11 is 4.94. The van der Waals surface area contributed by atoms with Gasteiger partial charge in [-0.1, -0.05) is 6.07 Å². The Morgan fingerprint density at radius 1 is 1.25 bits per heavy atom. The molecule has 1 aromatic carbocycles. The topological polar surface area (TPSA) is 77.6 Å². The van der Waals surface area contributed by atoms with Gasteiger partial charge >= 0.3 is 5.76 Å². The van der Waals surface area contributed by atoms with Gasteiger partial charge in [-0.2, -0.15) is 0 Å². The molecule has 0 unspecified atom stereocenters. The molecule has 5 nitrogen and oxygen atoms in total. The van der Waals surface area contributed by atoms with Gasteiger partial charge in [-0.3, -0.25) is 4.98 Å². The zero-order valence-electron chi connectivity index (χ0n) is 8.03. The molecule has 3 rings (SSSR count). The molecule has 0 aliphatic heterocycles. The molecule has 2 aromatic heterocycles. The number of H-pyrrole nitrogens is 3. The summed E-state index contributed by atoms with van der Waals surface area (Å²) in [6.45, 7) is 0. The predicted octanol–water partition coefficient (Wildman–Crippen LogP) is 2.17. The van der Waals surface area contributed by atoms with E-state index >= 15 is 0 Å². The monoisotopic (exact) mass is 233 g/mol. The molecule has 0 spiro atoms. The van der Waals surface area contributed by atoms with Gasteiger partial charge in [0, 0.05) is 11.8 Å². The lowest BCUT2D eigenvalue weighted by atomic mass is 10.1. The smallest absolute Gasteiger partial charge is 0.408 e. The van der Waals surface area contributed by atoms with E-state index in [1.807, 2.05) is 6.07 Å². The number of aromatic nitrogens is 3. The molecule has 6 heteroatoms. The van der Waals surface area contributed by atoms with E-state index in [9.17, 15) is 4.79 Å². The molecule has 0 radical (unpaired) electrons. The molecule has 0 amide bonds. The minimum atomic E-state index is -0.450. The molecule has 0 fully saturated rings. The Morgan fingerprint density at radius 3 is 2.88 bits per heavy atom. The van der Waals surface area contributed by atoms with Crippen molar-refractivity contribution < 1.29 is 4.42 Å². The SMILES string of the molecule is O=c1[nH]c2ccc(-c3c[nH]c(=S)[nH]3)cc2o1. The minimum Gasteiger partial charge on any atom is -0.408 e. The van der Waals surface area contributed by atoms with Crippen LogP contribution < -0.4 is 5.76 Å². The lowest BCUT2D eigenvalue weighted by molar-refractivity contribution is 0.555. The molecule has 16 heavy (non-hydrogen) atoms. The van der Waals surface area contributed by atoms with E-state index in [-0.39, 0.29) is 0 Å². The Hall–Kier alpha value is -2.08. The van der Waals surface area contributed by atoms with Crippen molar-refractivity contribution in [1.29, 1.82) is 0 Å². The quantitative estimate of drug-likeness (QED) is 0.564. The fourth-order valence-corrected chi connectivity index (χ4v) is 1.77. The Morgan fingerprint density at radius 2 is 2.12 bits per heavy atom. The van der Waals surface area contributed by atoms with Gasteiger partial charge in [0.05, 0.1) is 11.2 Å². The first-order chi connectivity index (χ1) is 7.72. The summed E-state index contributed by atoms with van der Waals surface area (Å²) in [6.07, 6.45) is 1.77. The van der Waals surface area contributed by atoms with Gasteiger partial charge in [0.2, 0.25) is 0 Å². The average Bonchev–Trinajstić information content (AvgIpc) is 2.81. The summed E-state index contributed by atoms with van der Waals surface area (Å²) in [7, 11) is 0. The number of hydrogen-bond acceptors (Lipinski definition) is 3. The number of rotatable bonds is 1. The molecular formula is C10H7N3O2S. The van der Waals surface area contributed by atoms with Crippen LogP contribution in [0.5, 0.6) is 0 Å². The largest absolute Gasteiger partial charge is 0.417 e. The number of benzene rings is 1. The fraction of sp³-hybridized carbons (Fsp3) is 0. The van der Waals surface area contributed by atoms with E-state index in [4.69, 9.17) is 16.6 Å². The van der Waals surface area contributed by atoms with Crippen molar-refractivity contribution in [2.24, 2.45) is 0 Å². The number of imidazole rings is 1. The minimum absolute atomic E-state index is 0.450. The van der Waals surface area contributed by atoms with Crippen LogP contribution in [-0.2, 0) is 0 Å². The highest BCUT2D eigenvalue weighted by molar-refractivity contribution is 7.71. The summed E-state index contributed by atoms with van der Waals surface area (Å²) in [5.74, 6) is -0.450. The molecule has 0 saturated carbocycles. The summed E-state index contributed by atoms with van der Waals surface area (Å²) in [5.41, 5.74) is 2.98. The van der Waals surface area contributed by atoms with Crippen LogP contribution in [-0.4, -0.2) is 15.0 Å². The molecule has 3 aromatic rings. The Balaban J connectivity index is 2.25. The number of nitrogens with one attached hydrogen (secondary N) is 3. The summed E-state index contributed by atoms with van der Waals surface area (Å²) < 4.78 is 5.54. The molecule has 2 heterocycles. The average molecular weight is 233 g/mol. The van der Waals surface area contributed by atoms with Crippen molar-refractivity contribution in [2.75, 3.05) is 0 Å². The molecule has 0 atom stereocenters. The van der Waals surface area contributed by atoms with Crippen LogP contribution in [0.2, 0.25) is 0 Å². The van der Waals surface area contributed by atoms with Gasteiger partial charge in [0.15, 0.2) is 10.4 Å². The number of fused-ring (bicyclic) bond motifs is 1. The second-order valence-electron chi connectivity index (χ2n) is 3.38. The van der Waals surface area contributed by atoms with Crippen LogP contribution >= 0.6 is 12.2 Å². The van der Waals surface area contributed by atoms with Crippen molar-refractivity contribution in [3.63, 3.8) is 0 Å². The maximum absolute atomic E-state index is 11.0. The van der Waals surface area contributed by atoms with Crippen molar-refractivity contribution in [1.82, 2.24) is 15.0 Å². The van der Waals surface area contributed by atoms with E-state index in [1.165, 1.54) is 0 Å². The van der Waals surface area contributed by atoms with Crippen LogP contribution in [0.4, 0.5) is 0 Å². The Bertz CT molecular complexity index is 762. The zero-order valence-corrected chi connectivity index (χ0v) is 8.85. The molecular weight excluding hydrogens is 226 g/mol. The number of hydrogen-bond donors (Lipinski definition) is 3. The first-order valence-corrected chi connectivity index (χ1v) is 5.04. The second kappa shape index (κ2) is 3.21. The van der Waals surface area contributed by atoms with Gasteiger partial charge in [-0.15, -0.1) is 0 Å². The maximum atomic E-state index is 11.0. The van der Waals surface area contributed by atoms with Crippen LogP contribution in [0.1, 0.15) is 0 Å². The number of oxazole rings is 1. The third-order valence-corrected chi connectivity index (χ3v) is 2.55. The lowest BCUT2D eigenvalue weighted by Gasteiger charge is -1.95. The van der Waals surface area contributed by atoms with E-state index in [2.05, 4.69) is 15.0 Å². The fourth-order valence-electron chi connectivity index (χ4n) is 1.60. The van der Waals surface area contributed by atoms with E-state index < -0.39 is 5.76 Å². The van der Waals surface area contributed by atoms with Gasteiger partial charge in [-0.05, 0) is 24.4 Å². The highest BCUT2D eigenvalue weighted by Crippen LogP contribution is 2.20. The molecule has 0 bridgehead atoms. The summed E-state index contributed by atoms with van der Waals surface area (Å²) in [6, 6.07) is 5.45. The summed E-state index contributed by atoms with van der Waals surface area (Å²) in [4.78, 5) is 19.4. The zero-order chi connectivity index (χ0) is 11.1. The van der Waals surface area contributed by atoms with Crippen molar-refractivity contribution >= 4 is 23.3 Å². The summed E-state index contributed by atoms with van der Waals surface area (Å²) in [5, 5.41) is 0. The first-order valence-electron chi connectivity index (χ1n) is 4.63. The van der Waals surface area contributed by atoms with Gasteiger partial charge in [-0.25, -0.2) is 4.79 Å². The molecule has 0 aliphatic rings. The highest BCUT2D eigenvalue weighted by atomic mass is 32.1. The van der Waals surface area contributed by atoms with Crippen LogP contribution in [0.25, 0.3) is 22.4 Å².